The molecule has 2 heteroatoms. The molecule has 2 rings (SSSR count). The summed E-state index contributed by atoms with van der Waals surface area (Å²) in [6, 6.07) is 14.3. The molecule has 0 fully saturated rings. The van der Waals surface area contributed by atoms with Crippen LogP contribution in [0.25, 0.3) is 0 Å². The Labute approximate surface area is 127 Å². The van der Waals surface area contributed by atoms with E-state index in [1.54, 1.807) is 7.11 Å². The molecule has 112 valence electrons. The van der Waals surface area contributed by atoms with Crippen molar-refractivity contribution in [2.75, 3.05) is 7.11 Å². The number of ether oxygens (including phenoxy) is 2. The van der Waals surface area contributed by atoms with Crippen molar-refractivity contribution < 1.29 is 9.47 Å². The highest BCUT2D eigenvalue weighted by Crippen LogP contribution is 2.30. The quantitative estimate of drug-likeness (QED) is 0.677. The second-order valence-corrected chi connectivity index (χ2v) is 5.49. The Balaban J connectivity index is 2.13. The van der Waals surface area contributed by atoms with E-state index in [4.69, 9.17) is 9.47 Å². The van der Waals surface area contributed by atoms with Gasteiger partial charge in [-0.05, 0) is 48.6 Å². The van der Waals surface area contributed by atoms with Crippen LogP contribution in [0.3, 0.4) is 0 Å². The molecule has 21 heavy (non-hydrogen) atoms. The lowest BCUT2D eigenvalue weighted by molar-refractivity contribution is 0.408. The molecular formula is C19H24O2. The predicted molar refractivity (Wildman–Crippen MR) is 87.6 cm³/mol. The van der Waals surface area contributed by atoms with Crippen LogP contribution in [0.1, 0.15) is 43.7 Å². The summed E-state index contributed by atoms with van der Waals surface area (Å²) >= 11 is 0. The van der Waals surface area contributed by atoms with Crippen molar-refractivity contribution in [1.82, 2.24) is 0 Å². The zero-order chi connectivity index (χ0) is 15.2. The Morgan fingerprint density at radius 3 is 2.29 bits per heavy atom. The molecule has 1 atom stereocenters. The Kier molecular flexibility index (Phi) is 5.26. The average molecular weight is 284 g/mol. The molecule has 0 heterocycles. The Morgan fingerprint density at radius 2 is 1.67 bits per heavy atom. The monoisotopic (exact) mass is 284 g/mol. The van der Waals surface area contributed by atoms with Crippen molar-refractivity contribution in [2.24, 2.45) is 0 Å². The normalized spacial score (nSPS) is 12.0. The van der Waals surface area contributed by atoms with Gasteiger partial charge in [0.2, 0.25) is 0 Å². The molecule has 0 aliphatic carbocycles. The first-order valence-corrected chi connectivity index (χ1v) is 7.56. The van der Waals surface area contributed by atoms with E-state index < -0.39 is 0 Å². The van der Waals surface area contributed by atoms with Crippen LogP contribution in [0.2, 0.25) is 0 Å². The summed E-state index contributed by atoms with van der Waals surface area (Å²) in [4.78, 5) is 0. The SMILES string of the molecule is CCCC(C)c1ccc(Oc2cc(OC)ccc2C)cc1. The lowest BCUT2D eigenvalue weighted by Crippen LogP contribution is -1.93. The van der Waals surface area contributed by atoms with Gasteiger partial charge in [-0.2, -0.15) is 0 Å². The van der Waals surface area contributed by atoms with Gasteiger partial charge in [-0.1, -0.05) is 38.5 Å². The van der Waals surface area contributed by atoms with Crippen molar-refractivity contribution in [3.63, 3.8) is 0 Å². The van der Waals surface area contributed by atoms with E-state index in [1.165, 1.54) is 18.4 Å². The Hall–Kier alpha value is -1.96. The van der Waals surface area contributed by atoms with Gasteiger partial charge in [0.15, 0.2) is 0 Å². The minimum atomic E-state index is 0.600. The van der Waals surface area contributed by atoms with E-state index in [9.17, 15) is 0 Å². The van der Waals surface area contributed by atoms with Gasteiger partial charge in [-0.3, -0.25) is 0 Å². The second kappa shape index (κ2) is 7.16. The predicted octanol–water partition coefficient (Wildman–Crippen LogP) is 5.70. The highest BCUT2D eigenvalue weighted by atomic mass is 16.5. The number of rotatable bonds is 6. The number of aryl methyl sites for hydroxylation is 1. The fourth-order valence-corrected chi connectivity index (χ4v) is 2.41. The summed E-state index contributed by atoms with van der Waals surface area (Å²) in [6.45, 7) is 6.53. The molecule has 2 aromatic carbocycles. The first-order chi connectivity index (χ1) is 10.1. The molecule has 0 aliphatic rings. The third-order valence-electron chi connectivity index (χ3n) is 3.79. The van der Waals surface area contributed by atoms with Gasteiger partial charge in [0.25, 0.3) is 0 Å². The first kappa shape index (κ1) is 15.4. The first-order valence-electron chi connectivity index (χ1n) is 7.56. The molecule has 0 spiro atoms. The molecule has 0 N–H and O–H groups in total. The molecule has 1 unspecified atom stereocenters. The molecule has 0 bridgehead atoms. The largest absolute Gasteiger partial charge is 0.497 e. The zero-order valence-corrected chi connectivity index (χ0v) is 13.3. The molecule has 0 aromatic heterocycles. The van der Waals surface area contributed by atoms with Crippen LogP contribution < -0.4 is 9.47 Å². The number of benzene rings is 2. The van der Waals surface area contributed by atoms with Gasteiger partial charge in [0.05, 0.1) is 7.11 Å². The highest BCUT2D eigenvalue weighted by Gasteiger charge is 2.06. The van der Waals surface area contributed by atoms with Crippen LogP contribution in [0.5, 0.6) is 17.2 Å². The van der Waals surface area contributed by atoms with Crippen LogP contribution in [0.4, 0.5) is 0 Å². The van der Waals surface area contributed by atoms with Gasteiger partial charge < -0.3 is 9.47 Å². The maximum absolute atomic E-state index is 5.97. The molecule has 0 aliphatic heterocycles. The van der Waals surface area contributed by atoms with E-state index in [0.717, 1.165) is 22.8 Å². The fraction of sp³-hybridized carbons (Fsp3) is 0.368. The summed E-state index contributed by atoms with van der Waals surface area (Å²) in [5.74, 6) is 3.11. The number of hydrogen-bond donors (Lipinski definition) is 0. The maximum Gasteiger partial charge on any atom is 0.134 e. The van der Waals surface area contributed by atoms with Gasteiger partial charge in [-0.25, -0.2) is 0 Å². The molecule has 2 nitrogen and oxygen atoms in total. The fourth-order valence-electron chi connectivity index (χ4n) is 2.41. The average Bonchev–Trinajstić information content (AvgIpc) is 2.50. The Morgan fingerprint density at radius 1 is 1.00 bits per heavy atom. The van der Waals surface area contributed by atoms with Crippen molar-refractivity contribution in [1.29, 1.82) is 0 Å². The maximum atomic E-state index is 5.97. The molecule has 0 radical (unpaired) electrons. The lowest BCUT2D eigenvalue weighted by Gasteiger charge is -2.13. The molecule has 2 aromatic rings. The molecular weight excluding hydrogens is 260 g/mol. The van der Waals surface area contributed by atoms with Crippen molar-refractivity contribution in [2.45, 2.75) is 39.5 Å². The van der Waals surface area contributed by atoms with E-state index in [1.807, 2.05) is 37.3 Å². The van der Waals surface area contributed by atoms with Gasteiger partial charge in [0, 0.05) is 6.07 Å². The van der Waals surface area contributed by atoms with Crippen LogP contribution in [-0.2, 0) is 0 Å². The topological polar surface area (TPSA) is 18.5 Å². The van der Waals surface area contributed by atoms with E-state index >= 15 is 0 Å². The molecule has 0 saturated heterocycles. The van der Waals surface area contributed by atoms with Gasteiger partial charge in [0.1, 0.15) is 17.2 Å². The minimum absolute atomic E-state index is 0.600. The van der Waals surface area contributed by atoms with Gasteiger partial charge >= 0.3 is 0 Å². The van der Waals surface area contributed by atoms with Crippen LogP contribution in [0.15, 0.2) is 42.5 Å². The van der Waals surface area contributed by atoms with Crippen molar-refractivity contribution in [3.05, 3.63) is 53.6 Å². The summed E-state index contributed by atoms with van der Waals surface area (Å²) < 4.78 is 11.2. The van der Waals surface area contributed by atoms with E-state index in [-0.39, 0.29) is 0 Å². The summed E-state index contributed by atoms with van der Waals surface area (Å²) in [5.41, 5.74) is 2.46. The second-order valence-electron chi connectivity index (χ2n) is 5.49. The molecule has 0 amide bonds. The molecule has 0 saturated carbocycles. The zero-order valence-electron chi connectivity index (χ0n) is 13.3. The van der Waals surface area contributed by atoms with Crippen LogP contribution in [-0.4, -0.2) is 7.11 Å². The van der Waals surface area contributed by atoms with Crippen molar-refractivity contribution in [3.8, 4) is 17.2 Å². The summed E-state index contributed by atoms with van der Waals surface area (Å²) in [5, 5.41) is 0. The van der Waals surface area contributed by atoms with E-state index in [2.05, 4.69) is 26.0 Å². The number of methoxy groups -OCH3 is 1. The third kappa shape index (κ3) is 4.01. The lowest BCUT2D eigenvalue weighted by atomic mass is 9.97. The third-order valence-corrected chi connectivity index (χ3v) is 3.79. The minimum Gasteiger partial charge on any atom is -0.497 e. The van der Waals surface area contributed by atoms with Crippen molar-refractivity contribution >= 4 is 0 Å². The van der Waals surface area contributed by atoms with E-state index in [0.29, 0.717) is 5.92 Å². The summed E-state index contributed by atoms with van der Waals surface area (Å²) in [7, 11) is 1.67. The van der Waals surface area contributed by atoms with Gasteiger partial charge in [-0.15, -0.1) is 0 Å². The van der Waals surface area contributed by atoms with Crippen LogP contribution >= 0.6 is 0 Å². The van der Waals surface area contributed by atoms with Crippen LogP contribution in [0, 0.1) is 6.92 Å². The Bertz CT molecular complexity index is 573. The highest BCUT2D eigenvalue weighted by molar-refractivity contribution is 5.43. The summed E-state index contributed by atoms with van der Waals surface area (Å²) in [6.07, 6.45) is 2.43. The number of hydrogen-bond acceptors (Lipinski definition) is 2. The standard InChI is InChI=1S/C19H24O2/c1-5-6-14(2)16-8-11-17(12-9-16)21-19-13-18(20-4)10-7-15(19)3/h7-14H,5-6H2,1-4H3. The smallest absolute Gasteiger partial charge is 0.134 e.